The zero-order valence-corrected chi connectivity index (χ0v) is 15.4. The molecule has 1 fully saturated rings. The second-order valence-corrected chi connectivity index (χ2v) is 9.45. The number of amides is 1. The van der Waals surface area contributed by atoms with Gasteiger partial charge in [-0.1, -0.05) is 13.8 Å². The monoisotopic (exact) mass is 368 g/mol. The average Bonchev–Trinajstić information content (AvgIpc) is 3.17. The van der Waals surface area contributed by atoms with Gasteiger partial charge in [0.05, 0.1) is 23.2 Å². The second kappa shape index (κ2) is 6.29. The molecule has 1 aliphatic heterocycles. The topological polar surface area (TPSA) is 94.0 Å². The predicted molar refractivity (Wildman–Crippen MR) is 93.4 cm³/mol. The van der Waals surface area contributed by atoms with E-state index >= 15 is 0 Å². The maximum atomic E-state index is 12.4. The summed E-state index contributed by atoms with van der Waals surface area (Å²) in [5.74, 6) is 0.0751. The van der Waals surface area contributed by atoms with Gasteiger partial charge >= 0.3 is 0 Å². The number of sulfone groups is 1. The van der Waals surface area contributed by atoms with Crippen LogP contribution < -0.4 is 5.32 Å². The fraction of sp³-hybridized carbons (Fsp3) is 0.533. The molecule has 24 heavy (non-hydrogen) atoms. The normalized spacial score (nSPS) is 19.8. The van der Waals surface area contributed by atoms with Crippen molar-refractivity contribution >= 4 is 32.2 Å². The third-order valence-corrected chi connectivity index (χ3v) is 6.61. The molecule has 0 aliphatic carbocycles. The third-order valence-electron chi connectivity index (χ3n) is 3.98. The molecular formula is C15H20N4O3S2. The zero-order chi connectivity index (χ0) is 17.5. The highest BCUT2D eigenvalue weighted by Gasteiger charge is 2.32. The van der Waals surface area contributed by atoms with Gasteiger partial charge in [-0.15, -0.1) is 11.3 Å². The second-order valence-electron chi connectivity index (χ2n) is 6.36. The molecule has 9 heteroatoms. The van der Waals surface area contributed by atoms with Gasteiger partial charge in [0.15, 0.2) is 20.7 Å². The Kier molecular flexibility index (Phi) is 4.48. The molecule has 1 N–H and O–H groups in total. The molecule has 0 saturated carbocycles. The molecule has 0 unspecified atom stereocenters. The molecule has 3 heterocycles. The SMILES string of the molecule is Cc1csc(NC(=O)c2cc(C(C)C)n([C@H]3CCS(=O)(=O)C3)n2)n1. The van der Waals surface area contributed by atoms with Gasteiger partial charge in [-0.2, -0.15) is 5.10 Å². The van der Waals surface area contributed by atoms with Crippen molar-refractivity contribution < 1.29 is 13.2 Å². The largest absolute Gasteiger partial charge is 0.296 e. The molecule has 1 amide bonds. The lowest BCUT2D eigenvalue weighted by molar-refractivity contribution is 0.102. The van der Waals surface area contributed by atoms with Gasteiger partial charge in [-0.05, 0) is 25.3 Å². The van der Waals surface area contributed by atoms with Crippen LogP contribution in [-0.4, -0.2) is 40.6 Å². The Morgan fingerprint density at radius 2 is 2.21 bits per heavy atom. The van der Waals surface area contributed by atoms with Gasteiger partial charge < -0.3 is 0 Å². The maximum Gasteiger partial charge on any atom is 0.277 e. The van der Waals surface area contributed by atoms with E-state index in [1.54, 1.807) is 10.7 Å². The van der Waals surface area contributed by atoms with Crippen LogP contribution >= 0.6 is 11.3 Å². The van der Waals surface area contributed by atoms with Crippen LogP contribution in [0.1, 0.15) is 54.1 Å². The molecule has 2 aromatic heterocycles. The van der Waals surface area contributed by atoms with Gasteiger partial charge in [0.1, 0.15) is 0 Å². The van der Waals surface area contributed by atoms with E-state index in [-0.39, 0.29) is 35.1 Å². The number of nitrogens with one attached hydrogen (secondary N) is 1. The lowest BCUT2D eigenvalue weighted by Crippen LogP contribution is -2.17. The summed E-state index contributed by atoms with van der Waals surface area (Å²) in [5.41, 5.74) is 2.01. The summed E-state index contributed by atoms with van der Waals surface area (Å²) in [6.07, 6.45) is 0.538. The molecule has 1 saturated heterocycles. The summed E-state index contributed by atoms with van der Waals surface area (Å²) in [6.45, 7) is 5.87. The summed E-state index contributed by atoms with van der Waals surface area (Å²) in [5, 5.41) is 9.53. The molecule has 3 rings (SSSR count). The van der Waals surface area contributed by atoms with Crippen LogP contribution in [0.4, 0.5) is 5.13 Å². The number of rotatable bonds is 4. The fourth-order valence-corrected chi connectivity index (χ4v) is 5.16. The van der Waals surface area contributed by atoms with E-state index in [1.165, 1.54) is 11.3 Å². The number of nitrogens with zero attached hydrogens (tertiary/aromatic N) is 3. The van der Waals surface area contributed by atoms with E-state index in [1.807, 2.05) is 26.2 Å². The van der Waals surface area contributed by atoms with Gasteiger partial charge in [-0.25, -0.2) is 13.4 Å². The molecule has 7 nitrogen and oxygen atoms in total. The van der Waals surface area contributed by atoms with E-state index in [2.05, 4.69) is 15.4 Å². The minimum atomic E-state index is -3.01. The molecule has 0 spiro atoms. The molecule has 0 bridgehead atoms. The smallest absolute Gasteiger partial charge is 0.277 e. The van der Waals surface area contributed by atoms with E-state index in [0.29, 0.717) is 11.6 Å². The first kappa shape index (κ1) is 17.1. The van der Waals surface area contributed by atoms with Crippen LogP contribution in [0.2, 0.25) is 0 Å². The standard InChI is InChI=1S/C15H20N4O3S2/c1-9(2)13-6-12(14(20)17-15-16-10(3)7-23-15)18-19(13)11-4-5-24(21,22)8-11/h6-7,9,11H,4-5,8H2,1-3H3,(H,16,17,20)/t11-/m0/s1. The van der Waals surface area contributed by atoms with Crippen LogP contribution in [0.15, 0.2) is 11.4 Å². The maximum absolute atomic E-state index is 12.4. The number of anilines is 1. The molecular weight excluding hydrogens is 348 g/mol. The van der Waals surface area contributed by atoms with Crippen molar-refractivity contribution in [1.82, 2.24) is 14.8 Å². The number of hydrogen-bond donors (Lipinski definition) is 1. The minimum Gasteiger partial charge on any atom is -0.296 e. The molecule has 130 valence electrons. The van der Waals surface area contributed by atoms with Crippen LogP contribution in [0.25, 0.3) is 0 Å². The molecule has 1 aliphatic rings. The van der Waals surface area contributed by atoms with E-state index < -0.39 is 9.84 Å². The quantitative estimate of drug-likeness (QED) is 0.894. The van der Waals surface area contributed by atoms with Crippen molar-refractivity contribution in [2.75, 3.05) is 16.8 Å². The minimum absolute atomic E-state index is 0.0845. The Hall–Kier alpha value is -1.74. The fourth-order valence-electron chi connectivity index (χ4n) is 2.78. The molecule has 0 radical (unpaired) electrons. The van der Waals surface area contributed by atoms with Crippen LogP contribution in [-0.2, 0) is 9.84 Å². The number of carbonyl (C=O) groups is 1. The zero-order valence-electron chi connectivity index (χ0n) is 13.8. The average molecular weight is 368 g/mol. The Morgan fingerprint density at radius 3 is 2.75 bits per heavy atom. The Bertz CT molecular complexity index is 867. The third kappa shape index (κ3) is 3.51. The van der Waals surface area contributed by atoms with Crippen molar-refractivity contribution in [2.45, 2.75) is 39.2 Å². The van der Waals surface area contributed by atoms with Crippen LogP contribution in [0.5, 0.6) is 0 Å². The van der Waals surface area contributed by atoms with E-state index in [0.717, 1.165) is 11.4 Å². The number of carbonyl (C=O) groups excluding carboxylic acids is 1. The molecule has 1 atom stereocenters. The predicted octanol–water partition coefficient (Wildman–Crippen LogP) is 2.38. The van der Waals surface area contributed by atoms with Gasteiger partial charge in [0.25, 0.3) is 5.91 Å². The molecule has 2 aromatic rings. The van der Waals surface area contributed by atoms with Crippen LogP contribution in [0, 0.1) is 6.92 Å². The lowest BCUT2D eigenvalue weighted by atomic mass is 10.1. The van der Waals surface area contributed by atoms with Gasteiger partial charge in [-0.3, -0.25) is 14.8 Å². The lowest BCUT2D eigenvalue weighted by Gasteiger charge is -2.15. The van der Waals surface area contributed by atoms with Crippen LogP contribution in [0.3, 0.4) is 0 Å². The van der Waals surface area contributed by atoms with Crippen molar-refractivity contribution in [3.8, 4) is 0 Å². The van der Waals surface area contributed by atoms with Crippen molar-refractivity contribution in [3.05, 3.63) is 28.5 Å². The molecule has 0 aromatic carbocycles. The summed E-state index contributed by atoms with van der Waals surface area (Å²) in [7, 11) is -3.01. The van der Waals surface area contributed by atoms with Gasteiger partial charge in [0.2, 0.25) is 0 Å². The number of hydrogen-bond acceptors (Lipinski definition) is 6. The first-order chi connectivity index (χ1) is 11.2. The summed E-state index contributed by atoms with van der Waals surface area (Å²) >= 11 is 1.36. The van der Waals surface area contributed by atoms with Gasteiger partial charge in [0, 0.05) is 11.1 Å². The van der Waals surface area contributed by atoms with E-state index in [9.17, 15) is 13.2 Å². The Labute approximate surface area is 145 Å². The summed E-state index contributed by atoms with van der Waals surface area (Å²) in [4.78, 5) is 16.6. The first-order valence-corrected chi connectivity index (χ1v) is 10.5. The van der Waals surface area contributed by atoms with Crippen molar-refractivity contribution in [1.29, 1.82) is 0 Å². The number of thiazole rings is 1. The highest BCUT2D eigenvalue weighted by molar-refractivity contribution is 7.91. The Morgan fingerprint density at radius 1 is 1.46 bits per heavy atom. The first-order valence-electron chi connectivity index (χ1n) is 7.78. The van der Waals surface area contributed by atoms with Crippen molar-refractivity contribution in [3.63, 3.8) is 0 Å². The summed E-state index contributed by atoms with van der Waals surface area (Å²) in [6, 6.07) is 1.54. The number of aryl methyl sites for hydroxylation is 1. The van der Waals surface area contributed by atoms with E-state index in [4.69, 9.17) is 0 Å². The highest BCUT2D eigenvalue weighted by Crippen LogP contribution is 2.28. The highest BCUT2D eigenvalue weighted by atomic mass is 32.2. The number of aromatic nitrogens is 3. The Balaban J connectivity index is 1.87. The van der Waals surface area contributed by atoms with Crippen molar-refractivity contribution in [2.24, 2.45) is 0 Å². The summed E-state index contributed by atoms with van der Waals surface area (Å²) < 4.78 is 25.2.